The van der Waals surface area contributed by atoms with E-state index in [0.717, 1.165) is 5.56 Å². The fourth-order valence-corrected chi connectivity index (χ4v) is 1.46. The van der Waals surface area contributed by atoms with Crippen LogP contribution in [-0.2, 0) is 9.53 Å². The Morgan fingerprint density at radius 2 is 2.25 bits per heavy atom. The van der Waals surface area contributed by atoms with Crippen LogP contribution in [0.5, 0.6) is 0 Å². The maximum Gasteiger partial charge on any atom is 0.305 e. The van der Waals surface area contributed by atoms with E-state index in [9.17, 15) is 4.79 Å². The summed E-state index contributed by atoms with van der Waals surface area (Å²) in [5, 5.41) is 0. The van der Waals surface area contributed by atoms with E-state index in [-0.39, 0.29) is 12.0 Å². The monoisotopic (exact) mass is 222 g/mol. The number of hydrogen-bond donors (Lipinski definition) is 2. The molecule has 0 heterocycles. The molecule has 0 aromatic heterocycles. The van der Waals surface area contributed by atoms with Gasteiger partial charge in [-0.2, -0.15) is 0 Å². The van der Waals surface area contributed by atoms with Crippen LogP contribution in [0, 0.1) is 0 Å². The summed E-state index contributed by atoms with van der Waals surface area (Å²) in [6, 6.07) is 7.23. The second-order valence-corrected chi connectivity index (χ2v) is 3.62. The van der Waals surface area contributed by atoms with Gasteiger partial charge in [0.25, 0.3) is 0 Å². The average Bonchev–Trinajstić information content (AvgIpc) is 2.26. The Labute approximate surface area is 95.6 Å². The third-order valence-electron chi connectivity index (χ3n) is 2.30. The number of carbonyl (C=O) groups is 1. The van der Waals surface area contributed by atoms with Crippen molar-refractivity contribution in [3.8, 4) is 0 Å². The summed E-state index contributed by atoms with van der Waals surface area (Å²) >= 11 is 0. The lowest BCUT2D eigenvalue weighted by atomic mass is 10.0. The van der Waals surface area contributed by atoms with E-state index in [1.165, 1.54) is 0 Å². The van der Waals surface area contributed by atoms with Gasteiger partial charge in [0.15, 0.2) is 0 Å². The summed E-state index contributed by atoms with van der Waals surface area (Å²) in [5.41, 5.74) is 13.2. The number of hydrogen-bond acceptors (Lipinski definition) is 4. The Morgan fingerprint density at radius 3 is 2.88 bits per heavy atom. The van der Waals surface area contributed by atoms with Gasteiger partial charge in [0.1, 0.15) is 0 Å². The molecule has 0 spiro atoms. The molecule has 4 heteroatoms. The number of carbonyl (C=O) groups excluding carboxylic acids is 1. The van der Waals surface area contributed by atoms with Crippen molar-refractivity contribution in [1.29, 1.82) is 0 Å². The number of ether oxygens (including phenoxy) is 1. The quantitative estimate of drug-likeness (QED) is 0.586. The highest BCUT2D eigenvalue weighted by molar-refractivity contribution is 5.69. The van der Waals surface area contributed by atoms with Gasteiger partial charge in [-0.25, -0.2) is 0 Å². The predicted molar refractivity (Wildman–Crippen MR) is 63.6 cm³/mol. The predicted octanol–water partition coefficient (Wildman–Crippen LogP) is 1.61. The van der Waals surface area contributed by atoms with E-state index in [1.807, 2.05) is 24.3 Å². The number of anilines is 1. The molecule has 4 nitrogen and oxygen atoms in total. The van der Waals surface area contributed by atoms with Crippen molar-refractivity contribution in [3.05, 3.63) is 29.8 Å². The summed E-state index contributed by atoms with van der Waals surface area (Å²) in [6.45, 7) is 2.20. The second-order valence-electron chi connectivity index (χ2n) is 3.62. The van der Waals surface area contributed by atoms with E-state index in [0.29, 0.717) is 25.1 Å². The molecule has 1 unspecified atom stereocenters. The Bertz CT molecular complexity index is 353. The van der Waals surface area contributed by atoms with Crippen LogP contribution in [0.25, 0.3) is 0 Å². The van der Waals surface area contributed by atoms with Crippen LogP contribution in [0.3, 0.4) is 0 Å². The molecule has 0 saturated carbocycles. The van der Waals surface area contributed by atoms with E-state index >= 15 is 0 Å². The molecule has 0 fully saturated rings. The highest BCUT2D eigenvalue weighted by atomic mass is 16.5. The Kier molecular flexibility index (Phi) is 4.79. The van der Waals surface area contributed by atoms with Crippen LogP contribution in [0.1, 0.15) is 31.4 Å². The van der Waals surface area contributed by atoms with Gasteiger partial charge in [0, 0.05) is 18.2 Å². The lowest BCUT2D eigenvalue weighted by Crippen LogP contribution is -2.13. The molecule has 0 aliphatic carbocycles. The van der Waals surface area contributed by atoms with Crippen molar-refractivity contribution < 1.29 is 9.53 Å². The minimum absolute atomic E-state index is 0.173. The van der Waals surface area contributed by atoms with E-state index in [2.05, 4.69) is 0 Å². The number of benzene rings is 1. The van der Waals surface area contributed by atoms with E-state index in [1.54, 1.807) is 6.92 Å². The number of esters is 1. The third kappa shape index (κ3) is 3.90. The van der Waals surface area contributed by atoms with Crippen molar-refractivity contribution >= 4 is 11.7 Å². The minimum atomic E-state index is -0.207. The highest BCUT2D eigenvalue weighted by Gasteiger charge is 2.09. The molecule has 16 heavy (non-hydrogen) atoms. The Hall–Kier alpha value is -1.55. The standard InChI is InChI=1S/C12H18N2O2/c1-2-16-12(15)7-6-11(14)9-4-3-5-10(13)8-9/h3-5,8,11H,2,6-7,13-14H2,1H3. The molecule has 4 N–H and O–H groups in total. The molecule has 0 amide bonds. The minimum Gasteiger partial charge on any atom is -0.466 e. The van der Waals surface area contributed by atoms with Gasteiger partial charge in [-0.3, -0.25) is 4.79 Å². The zero-order valence-electron chi connectivity index (χ0n) is 9.48. The molecule has 0 saturated heterocycles. The maximum absolute atomic E-state index is 11.1. The van der Waals surface area contributed by atoms with Gasteiger partial charge in [-0.15, -0.1) is 0 Å². The molecule has 1 aromatic rings. The van der Waals surface area contributed by atoms with Crippen LogP contribution >= 0.6 is 0 Å². The molecule has 0 bridgehead atoms. The normalized spacial score (nSPS) is 12.1. The summed E-state index contributed by atoms with van der Waals surface area (Å²) in [7, 11) is 0. The maximum atomic E-state index is 11.1. The first kappa shape index (κ1) is 12.5. The van der Waals surface area contributed by atoms with Gasteiger partial charge >= 0.3 is 5.97 Å². The highest BCUT2D eigenvalue weighted by Crippen LogP contribution is 2.18. The van der Waals surface area contributed by atoms with E-state index < -0.39 is 0 Å². The lowest BCUT2D eigenvalue weighted by Gasteiger charge is -2.11. The summed E-state index contributed by atoms with van der Waals surface area (Å²) in [5.74, 6) is -0.207. The molecule has 0 aliphatic rings. The van der Waals surface area contributed by atoms with Gasteiger partial charge < -0.3 is 16.2 Å². The van der Waals surface area contributed by atoms with Crippen LogP contribution in [-0.4, -0.2) is 12.6 Å². The molecule has 0 radical (unpaired) electrons. The molecule has 1 atom stereocenters. The molecular formula is C12H18N2O2. The van der Waals surface area contributed by atoms with Crippen LogP contribution in [0.2, 0.25) is 0 Å². The summed E-state index contributed by atoms with van der Waals surface area (Å²) in [6.07, 6.45) is 0.909. The lowest BCUT2D eigenvalue weighted by molar-refractivity contribution is -0.143. The van der Waals surface area contributed by atoms with Gasteiger partial charge in [0.05, 0.1) is 6.61 Å². The second kappa shape index (κ2) is 6.12. The Balaban J connectivity index is 2.46. The van der Waals surface area contributed by atoms with Gasteiger partial charge in [-0.1, -0.05) is 12.1 Å². The molecule has 88 valence electrons. The van der Waals surface area contributed by atoms with Crippen LogP contribution < -0.4 is 11.5 Å². The smallest absolute Gasteiger partial charge is 0.305 e. The first-order valence-electron chi connectivity index (χ1n) is 5.40. The molecule has 1 rings (SSSR count). The average molecular weight is 222 g/mol. The van der Waals surface area contributed by atoms with Crippen molar-refractivity contribution in [1.82, 2.24) is 0 Å². The number of nitrogens with two attached hydrogens (primary N) is 2. The zero-order valence-corrected chi connectivity index (χ0v) is 9.48. The fraction of sp³-hybridized carbons (Fsp3) is 0.417. The first-order valence-corrected chi connectivity index (χ1v) is 5.40. The Morgan fingerprint density at radius 1 is 1.50 bits per heavy atom. The van der Waals surface area contributed by atoms with Crippen molar-refractivity contribution in [2.45, 2.75) is 25.8 Å². The number of nitrogen functional groups attached to an aromatic ring is 1. The topological polar surface area (TPSA) is 78.3 Å². The SMILES string of the molecule is CCOC(=O)CCC(N)c1cccc(N)c1. The molecule has 1 aromatic carbocycles. The summed E-state index contributed by atoms with van der Waals surface area (Å²) in [4.78, 5) is 11.1. The van der Waals surface area contributed by atoms with Crippen molar-refractivity contribution in [2.24, 2.45) is 5.73 Å². The van der Waals surface area contributed by atoms with E-state index in [4.69, 9.17) is 16.2 Å². The van der Waals surface area contributed by atoms with Crippen LogP contribution in [0.4, 0.5) is 5.69 Å². The van der Waals surface area contributed by atoms with Crippen LogP contribution in [0.15, 0.2) is 24.3 Å². The fourth-order valence-electron chi connectivity index (χ4n) is 1.46. The van der Waals surface area contributed by atoms with Crippen molar-refractivity contribution in [2.75, 3.05) is 12.3 Å². The zero-order chi connectivity index (χ0) is 12.0. The largest absolute Gasteiger partial charge is 0.466 e. The number of rotatable bonds is 5. The summed E-state index contributed by atoms with van der Waals surface area (Å²) < 4.78 is 4.83. The van der Waals surface area contributed by atoms with Gasteiger partial charge in [0.2, 0.25) is 0 Å². The molecule has 0 aliphatic heterocycles. The first-order chi connectivity index (χ1) is 7.63. The van der Waals surface area contributed by atoms with Crippen molar-refractivity contribution in [3.63, 3.8) is 0 Å². The molecular weight excluding hydrogens is 204 g/mol. The van der Waals surface area contributed by atoms with Gasteiger partial charge in [-0.05, 0) is 31.0 Å². The third-order valence-corrected chi connectivity index (χ3v) is 2.30.